The molecule has 7 heteroatoms. The molecule has 1 aromatic rings. The fraction of sp³-hybridized carbons (Fsp3) is 0.500. The average Bonchev–Trinajstić information content (AvgIpc) is 2.53. The van der Waals surface area contributed by atoms with Crippen LogP contribution in [0, 0.1) is 0 Å². The summed E-state index contributed by atoms with van der Waals surface area (Å²) >= 11 is 0. The number of aliphatic hydroxyl groups excluding tert-OH is 1. The van der Waals surface area contributed by atoms with Crippen molar-refractivity contribution in [1.82, 2.24) is 4.98 Å². The van der Waals surface area contributed by atoms with E-state index in [9.17, 15) is 14.7 Å². The van der Waals surface area contributed by atoms with Crippen LogP contribution in [0.4, 0.5) is 5.82 Å². The van der Waals surface area contributed by atoms with Crippen LogP contribution in [-0.4, -0.2) is 55.4 Å². The topological polar surface area (TPSA) is 89.0 Å². The van der Waals surface area contributed by atoms with E-state index in [1.807, 2.05) is 4.90 Å². The number of hydrogen-bond acceptors (Lipinski definition) is 7. The first-order chi connectivity index (χ1) is 10.1. The first-order valence-electron chi connectivity index (χ1n) is 6.67. The maximum atomic E-state index is 11.8. The summed E-state index contributed by atoms with van der Waals surface area (Å²) in [5.41, 5.74) is 0.0121. The van der Waals surface area contributed by atoms with Gasteiger partial charge in [0.05, 0.1) is 25.9 Å². The lowest BCUT2D eigenvalue weighted by Gasteiger charge is -2.30. The van der Waals surface area contributed by atoms with Gasteiger partial charge in [-0.25, -0.2) is 14.6 Å². The molecule has 0 aromatic carbocycles. The van der Waals surface area contributed by atoms with Gasteiger partial charge in [-0.3, -0.25) is 0 Å². The first-order valence-corrected chi connectivity index (χ1v) is 6.67. The van der Waals surface area contributed by atoms with Crippen LogP contribution in [0.2, 0.25) is 0 Å². The van der Waals surface area contributed by atoms with Crippen molar-refractivity contribution in [2.45, 2.75) is 18.9 Å². The molecule has 1 aromatic heterocycles. The van der Waals surface area contributed by atoms with Gasteiger partial charge in [0, 0.05) is 13.1 Å². The zero-order valence-electron chi connectivity index (χ0n) is 12.0. The van der Waals surface area contributed by atoms with Crippen molar-refractivity contribution in [3.05, 3.63) is 23.4 Å². The molecule has 0 unspecified atom stereocenters. The van der Waals surface area contributed by atoms with Crippen molar-refractivity contribution in [2.75, 3.05) is 32.2 Å². The molecule has 0 spiro atoms. The monoisotopic (exact) mass is 294 g/mol. The molecule has 114 valence electrons. The summed E-state index contributed by atoms with van der Waals surface area (Å²) in [7, 11) is 2.47. The van der Waals surface area contributed by atoms with E-state index >= 15 is 0 Å². The molecule has 1 aliphatic rings. The lowest BCUT2D eigenvalue weighted by Crippen LogP contribution is -2.36. The highest BCUT2D eigenvalue weighted by Crippen LogP contribution is 2.21. The molecule has 0 amide bonds. The standard InChI is InChI=1S/C14H18N2O5/c1-20-13(18)10-3-4-11(15-12(10)14(19)21-2)16-7-5-9(17)6-8-16/h3-4,9,17H,5-8H2,1-2H3. The molecule has 1 fully saturated rings. The Kier molecular flexibility index (Phi) is 4.74. The zero-order chi connectivity index (χ0) is 15.4. The summed E-state index contributed by atoms with van der Waals surface area (Å²) in [5, 5.41) is 9.52. The predicted octanol–water partition coefficient (Wildman–Crippen LogP) is 0.616. The van der Waals surface area contributed by atoms with Gasteiger partial charge in [-0.1, -0.05) is 0 Å². The minimum absolute atomic E-state index is 0.0621. The summed E-state index contributed by atoms with van der Waals surface area (Å²) in [4.78, 5) is 29.6. The van der Waals surface area contributed by atoms with E-state index in [0.29, 0.717) is 31.7 Å². The Bertz CT molecular complexity index is 538. The molecule has 0 bridgehead atoms. The van der Waals surface area contributed by atoms with Gasteiger partial charge in [-0.2, -0.15) is 0 Å². The van der Waals surface area contributed by atoms with E-state index < -0.39 is 11.9 Å². The quantitative estimate of drug-likeness (QED) is 0.817. The Balaban J connectivity index is 2.32. The van der Waals surface area contributed by atoms with E-state index in [-0.39, 0.29) is 17.4 Å². The van der Waals surface area contributed by atoms with Gasteiger partial charge < -0.3 is 19.5 Å². The third-order valence-corrected chi connectivity index (χ3v) is 3.45. The van der Waals surface area contributed by atoms with E-state index in [1.165, 1.54) is 20.3 Å². The zero-order valence-corrected chi connectivity index (χ0v) is 12.0. The Labute approximate surface area is 122 Å². The number of hydrogen-bond donors (Lipinski definition) is 1. The number of ether oxygens (including phenoxy) is 2. The highest BCUT2D eigenvalue weighted by molar-refractivity contribution is 6.02. The lowest BCUT2D eigenvalue weighted by atomic mass is 10.1. The normalized spacial score (nSPS) is 15.7. The Morgan fingerprint density at radius 1 is 1.19 bits per heavy atom. The first kappa shape index (κ1) is 15.2. The van der Waals surface area contributed by atoms with Crippen molar-refractivity contribution in [3.8, 4) is 0 Å². The van der Waals surface area contributed by atoms with Crippen molar-refractivity contribution in [3.63, 3.8) is 0 Å². The smallest absolute Gasteiger partial charge is 0.357 e. The Morgan fingerprint density at radius 3 is 2.38 bits per heavy atom. The number of nitrogens with zero attached hydrogens (tertiary/aromatic N) is 2. The minimum Gasteiger partial charge on any atom is -0.465 e. The molecule has 1 N–H and O–H groups in total. The second-order valence-corrected chi connectivity index (χ2v) is 4.77. The molecule has 0 saturated carbocycles. The van der Waals surface area contributed by atoms with Gasteiger partial charge in [0.2, 0.25) is 0 Å². The van der Waals surface area contributed by atoms with Crippen molar-refractivity contribution < 1.29 is 24.2 Å². The number of carbonyl (C=O) groups is 2. The number of aliphatic hydroxyl groups is 1. The lowest BCUT2D eigenvalue weighted by molar-refractivity contribution is 0.0550. The number of aromatic nitrogens is 1. The summed E-state index contributed by atoms with van der Waals surface area (Å²) in [5.74, 6) is -0.743. The van der Waals surface area contributed by atoms with Crippen LogP contribution in [-0.2, 0) is 9.47 Å². The fourth-order valence-corrected chi connectivity index (χ4v) is 2.25. The summed E-state index contributed by atoms with van der Waals surface area (Å²) in [6.45, 7) is 1.29. The van der Waals surface area contributed by atoms with Crippen LogP contribution in [0.15, 0.2) is 12.1 Å². The van der Waals surface area contributed by atoms with Gasteiger partial charge in [0.1, 0.15) is 5.82 Å². The second-order valence-electron chi connectivity index (χ2n) is 4.77. The summed E-state index contributed by atoms with van der Waals surface area (Å²) < 4.78 is 9.30. The van der Waals surface area contributed by atoms with Crippen LogP contribution in [0.3, 0.4) is 0 Å². The maximum absolute atomic E-state index is 11.8. The van der Waals surface area contributed by atoms with Gasteiger partial charge in [-0.05, 0) is 25.0 Å². The largest absolute Gasteiger partial charge is 0.465 e. The van der Waals surface area contributed by atoms with Crippen LogP contribution >= 0.6 is 0 Å². The molecular weight excluding hydrogens is 276 g/mol. The van der Waals surface area contributed by atoms with Crippen LogP contribution in [0.5, 0.6) is 0 Å². The number of esters is 2. The fourth-order valence-electron chi connectivity index (χ4n) is 2.25. The van der Waals surface area contributed by atoms with Crippen molar-refractivity contribution in [1.29, 1.82) is 0 Å². The van der Waals surface area contributed by atoms with Gasteiger partial charge in [0.15, 0.2) is 5.69 Å². The number of carbonyl (C=O) groups excluding carboxylic acids is 2. The third-order valence-electron chi connectivity index (χ3n) is 3.45. The highest BCUT2D eigenvalue weighted by atomic mass is 16.5. The van der Waals surface area contributed by atoms with E-state index in [2.05, 4.69) is 14.5 Å². The summed E-state index contributed by atoms with van der Waals surface area (Å²) in [6, 6.07) is 3.17. The maximum Gasteiger partial charge on any atom is 0.357 e. The van der Waals surface area contributed by atoms with Crippen LogP contribution in [0.25, 0.3) is 0 Å². The molecule has 7 nitrogen and oxygen atoms in total. The predicted molar refractivity (Wildman–Crippen MR) is 74.4 cm³/mol. The minimum atomic E-state index is -0.686. The molecule has 1 aliphatic heterocycles. The third kappa shape index (κ3) is 3.30. The number of pyridine rings is 1. The van der Waals surface area contributed by atoms with Crippen molar-refractivity contribution in [2.24, 2.45) is 0 Å². The number of methoxy groups -OCH3 is 2. The van der Waals surface area contributed by atoms with Crippen molar-refractivity contribution >= 4 is 17.8 Å². The molecule has 2 heterocycles. The van der Waals surface area contributed by atoms with E-state index in [4.69, 9.17) is 0 Å². The van der Waals surface area contributed by atoms with Crippen LogP contribution in [0.1, 0.15) is 33.7 Å². The number of anilines is 1. The SMILES string of the molecule is COC(=O)c1ccc(N2CCC(O)CC2)nc1C(=O)OC. The second kappa shape index (κ2) is 6.53. The van der Waals surface area contributed by atoms with Gasteiger partial charge in [0.25, 0.3) is 0 Å². The average molecular weight is 294 g/mol. The van der Waals surface area contributed by atoms with E-state index in [0.717, 1.165) is 0 Å². The molecule has 0 aliphatic carbocycles. The summed E-state index contributed by atoms with van der Waals surface area (Å²) in [6.07, 6.45) is 0.998. The van der Waals surface area contributed by atoms with Gasteiger partial charge >= 0.3 is 11.9 Å². The van der Waals surface area contributed by atoms with Crippen LogP contribution < -0.4 is 4.90 Å². The Hall–Kier alpha value is -2.15. The Morgan fingerprint density at radius 2 is 1.81 bits per heavy atom. The molecule has 1 saturated heterocycles. The molecule has 2 rings (SSSR count). The van der Waals surface area contributed by atoms with E-state index in [1.54, 1.807) is 6.07 Å². The molecule has 21 heavy (non-hydrogen) atoms. The molecule has 0 atom stereocenters. The molecular formula is C14H18N2O5. The van der Waals surface area contributed by atoms with Gasteiger partial charge in [-0.15, -0.1) is 0 Å². The number of rotatable bonds is 3. The highest BCUT2D eigenvalue weighted by Gasteiger charge is 2.24. The number of piperidine rings is 1. The molecule has 0 radical (unpaired) electrons.